The van der Waals surface area contributed by atoms with Crippen molar-refractivity contribution in [1.29, 1.82) is 0 Å². The lowest BCUT2D eigenvalue weighted by molar-refractivity contribution is 0.564. The van der Waals surface area contributed by atoms with E-state index in [0.717, 1.165) is 15.9 Å². The molecule has 1 rings (SSSR count). The summed E-state index contributed by atoms with van der Waals surface area (Å²) in [6.07, 6.45) is 3.48. The van der Waals surface area contributed by atoms with Gasteiger partial charge in [0, 0.05) is 18.8 Å². The van der Waals surface area contributed by atoms with Crippen LogP contribution in [0.15, 0.2) is 12.5 Å². The molecule has 4 heteroatoms. The minimum Gasteiger partial charge on any atom is -0.353 e. The van der Waals surface area contributed by atoms with E-state index in [1.54, 1.807) is 6.33 Å². The van der Waals surface area contributed by atoms with Gasteiger partial charge in [-0.25, -0.2) is 9.97 Å². The van der Waals surface area contributed by atoms with E-state index in [1.807, 2.05) is 6.20 Å². The third kappa shape index (κ3) is 3.59. The van der Waals surface area contributed by atoms with Crippen LogP contribution in [0.2, 0.25) is 0 Å². The van der Waals surface area contributed by atoms with Gasteiger partial charge in [-0.05, 0) is 42.4 Å². The lowest BCUT2D eigenvalue weighted by Gasteiger charge is -2.30. The quantitative estimate of drug-likeness (QED) is 0.799. The van der Waals surface area contributed by atoms with Crippen molar-refractivity contribution in [3.05, 3.63) is 16.1 Å². The molecule has 0 aliphatic rings. The summed E-state index contributed by atoms with van der Waals surface area (Å²) in [5, 5.41) is 0. The molecule has 0 aromatic carbocycles. The Hall–Kier alpha value is -0.390. The number of hydrogen-bond donors (Lipinski definition) is 0. The molecular formula is C11H18IN3. The van der Waals surface area contributed by atoms with Crippen molar-refractivity contribution in [3.8, 4) is 0 Å². The molecule has 0 saturated carbocycles. The fourth-order valence-corrected chi connectivity index (χ4v) is 2.06. The summed E-state index contributed by atoms with van der Waals surface area (Å²) in [5.41, 5.74) is 0. The highest BCUT2D eigenvalue weighted by atomic mass is 127. The van der Waals surface area contributed by atoms with Crippen LogP contribution in [0.4, 0.5) is 5.82 Å². The Morgan fingerprint density at radius 1 is 1.33 bits per heavy atom. The zero-order valence-electron chi connectivity index (χ0n) is 9.74. The summed E-state index contributed by atoms with van der Waals surface area (Å²) in [4.78, 5) is 10.7. The average molecular weight is 319 g/mol. The Morgan fingerprint density at radius 3 is 2.47 bits per heavy atom. The summed E-state index contributed by atoms with van der Waals surface area (Å²) in [7, 11) is 0. The monoisotopic (exact) mass is 319 g/mol. The third-order valence-corrected chi connectivity index (χ3v) is 2.87. The van der Waals surface area contributed by atoms with Crippen LogP contribution in [0.25, 0.3) is 0 Å². The molecule has 15 heavy (non-hydrogen) atoms. The van der Waals surface area contributed by atoms with E-state index in [4.69, 9.17) is 0 Å². The van der Waals surface area contributed by atoms with Gasteiger partial charge >= 0.3 is 0 Å². The van der Waals surface area contributed by atoms with Crippen molar-refractivity contribution in [1.82, 2.24) is 9.97 Å². The molecule has 0 amide bonds. The Bertz CT molecular complexity index is 312. The zero-order chi connectivity index (χ0) is 11.4. The van der Waals surface area contributed by atoms with E-state index in [1.165, 1.54) is 0 Å². The molecule has 0 atom stereocenters. The topological polar surface area (TPSA) is 29.0 Å². The minimum atomic E-state index is 0.468. The standard InChI is InChI=1S/C11H18IN3/c1-8(2)6-15(9(3)4)11-10(12)5-13-7-14-11/h5,7-9H,6H2,1-4H3. The number of aromatic nitrogens is 2. The first-order valence-electron chi connectivity index (χ1n) is 5.24. The predicted octanol–water partition coefficient (Wildman–Crippen LogP) is 2.95. The van der Waals surface area contributed by atoms with E-state index in [2.05, 4.69) is 65.2 Å². The molecule has 1 aromatic heterocycles. The van der Waals surface area contributed by atoms with Crippen molar-refractivity contribution in [2.45, 2.75) is 33.7 Å². The first-order valence-corrected chi connectivity index (χ1v) is 6.32. The van der Waals surface area contributed by atoms with Gasteiger partial charge in [0.05, 0.1) is 3.57 Å². The minimum absolute atomic E-state index is 0.468. The lowest BCUT2D eigenvalue weighted by atomic mass is 10.2. The van der Waals surface area contributed by atoms with Crippen molar-refractivity contribution < 1.29 is 0 Å². The highest BCUT2D eigenvalue weighted by molar-refractivity contribution is 14.1. The smallest absolute Gasteiger partial charge is 0.145 e. The number of anilines is 1. The van der Waals surface area contributed by atoms with Crippen LogP contribution in [0.1, 0.15) is 27.7 Å². The predicted molar refractivity (Wildman–Crippen MR) is 72.1 cm³/mol. The van der Waals surface area contributed by atoms with Crippen LogP contribution >= 0.6 is 22.6 Å². The molecule has 1 heterocycles. The van der Waals surface area contributed by atoms with E-state index in [-0.39, 0.29) is 0 Å². The van der Waals surface area contributed by atoms with Crippen molar-refractivity contribution in [3.63, 3.8) is 0 Å². The van der Waals surface area contributed by atoms with Crippen molar-refractivity contribution in [2.75, 3.05) is 11.4 Å². The third-order valence-electron chi connectivity index (χ3n) is 2.11. The van der Waals surface area contributed by atoms with Crippen molar-refractivity contribution in [2.24, 2.45) is 5.92 Å². The summed E-state index contributed by atoms with van der Waals surface area (Å²) >= 11 is 2.29. The van der Waals surface area contributed by atoms with Gasteiger partial charge in [-0.15, -0.1) is 0 Å². The largest absolute Gasteiger partial charge is 0.353 e. The second-order valence-electron chi connectivity index (χ2n) is 4.33. The molecular weight excluding hydrogens is 301 g/mol. The average Bonchev–Trinajstić information content (AvgIpc) is 2.15. The van der Waals surface area contributed by atoms with Crippen LogP contribution in [-0.4, -0.2) is 22.6 Å². The van der Waals surface area contributed by atoms with Crippen LogP contribution in [0.3, 0.4) is 0 Å². The second kappa shape index (κ2) is 5.63. The SMILES string of the molecule is CC(C)CN(c1ncncc1I)C(C)C. The van der Waals surface area contributed by atoms with Gasteiger partial charge in [-0.3, -0.25) is 0 Å². The van der Waals surface area contributed by atoms with Gasteiger partial charge in [0.25, 0.3) is 0 Å². The molecule has 0 radical (unpaired) electrons. The van der Waals surface area contributed by atoms with Crippen molar-refractivity contribution >= 4 is 28.4 Å². The maximum Gasteiger partial charge on any atom is 0.145 e. The van der Waals surface area contributed by atoms with Gasteiger partial charge in [-0.1, -0.05) is 13.8 Å². The van der Waals surface area contributed by atoms with E-state index in [0.29, 0.717) is 12.0 Å². The fraction of sp³-hybridized carbons (Fsp3) is 0.636. The number of hydrogen-bond acceptors (Lipinski definition) is 3. The maximum atomic E-state index is 4.36. The summed E-state index contributed by atoms with van der Waals surface area (Å²) in [6.45, 7) is 9.87. The molecule has 84 valence electrons. The highest BCUT2D eigenvalue weighted by Gasteiger charge is 2.15. The molecule has 1 aromatic rings. The molecule has 0 bridgehead atoms. The molecule has 0 unspecified atom stereocenters. The summed E-state index contributed by atoms with van der Waals surface area (Å²) in [5.74, 6) is 1.69. The number of nitrogens with zero attached hydrogens (tertiary/aromatic N) is 3. The maximum absolute atomic E-state index is 4.36. The van der Waals surface area contributed by atoms with Crippen LogP contribution in [-0.2, 0) is 0 Å². The molecule has 0 saturated heterocycles. The molecule has 0 aliphatic heterocycles. The van der Waals surface area contributed by atoms with Gasteiger partial charge in [0.2, 0.25) is 0 Å². The van der Waals surface area contributed by atoms with E-state index < -0.39 is 0 Å². The number of halogens is 1. The van der Waals surface area contributed by atoms with Crippen LogP contribution < -0.4 is 4.90 Å². The van der Waals surface area contributed by atoms with Gasteiger partial charge in [-0.2, -0.15) is 0 Å². The van der Waals surface area contributed by atoms with Gasteiger partial charge in [0.15, 0.2) is 0 Å². The fourth-order valence-electron chi connectivity index (χ4n) is 1.45. The summed E-state index contributed by atoms with van der Waals surface area (Å²) in [6, 6.07) is 0.468. The normalized spacial score (nSPS) is 11.1. The zero-order valence-corrected chi connectivity index (χ0v) is 11.9. The first kappa shape index (κ1) is 12.7. The number of rotatable bonds is 4. The Balaban J connectivity index is 2.94. The molecule has 0 aliphatic carbocycles. The molecule has 0 fully saturated rings. The van der Waals surface area contributed by atoms with E-state index in [9.17, 15) is 0 Å². The van der Waals surface area contributed by atoms with Crippen LogP contribution in [0.5, 0.6) is 0 Å². The van der Waals surface area contributed by atoms with Gasteiger partial charge < -0.3 is 4.90 Å². The molecule has 0 spiro atoms. The Labute approximate surface area is 105 Å². The highest BCUT2D eigenvalue weighted by Crippen LogP contribution is 2.21. The van der Waals surface area contributed by atoms with Gasteiger partial charge in [0.1, 0.15) is 12.1 Å². The van der Waals surface area contributed by atoms with E-state index >= 15 is 0 Å². The Kier molecular flexibility index (Phi) is 4.76. The molecule has 3 nitrogen and oxygen atoms in total. The first-order chi connectivity index (χ1) is 7.02. The van der Waals surface area contributed by atoms with Crippen LogP contribution in [0, 0.1) is 9.49 Å². The summed E-state index contributed by atoms with van der Waals surface area (Å²) < 4.78 is 1.12. The molecule has 0 N–H and O–H groups in total. The second-order valence-corrected chi connectivity index (χ2v) is 5.50. The lowest BCUT2D eigenvalue weighted by Crippen LogP contribution is -2.35. The Morgan fingerprint density at radius 2 is 2.00 bits per heavy atom.